The lowest BCUT2D eigenvalue weighted by atomic mass is 10.2. The highest BCUT2D eigenvalue weighted by atomic mass is 127. The van der Waals surface area contributed by atoms with Crippen molar-refractivity contribution in [3.8, 4) is 0 Å². The Bertz CT molecular complexity index is 300. The first kappa shape index (κ1) is 8.93. The first-order valence-electron chi connectivity index (χ1n) is 2.93. The van der Waals surface area contributed by atoms with Crippen LogP contribution in [-0.4, -0.2) is 10.8 Å². The van der Waals surface area contributed by atoms with Gasteiger partial charge in [-0.25, -0.2) is 4.98 Å². The summed E-state index contributed by atoms with van der Waals surface area (Å²) in [5.74, 6) is 0.0126. The van der Waals surface area contributed by atoms with Crippen LogP contribution in [0.2, 0.25) is 5.15 Å². The van der Waals surface area contributed by atoms with Gasteiger partial charge in [-0.2, -0.15) is 0 Å². The number of hydrogen-bond donors (Lipinski definition) is 0. The lowest BCUT2D eigenvalue weighted by Gasteiger charge is -1.97. The van der Waals surface area contributed by atoms with Crippen LogP contribution in [-0.2, 0) is 0 Å². The van der Waals surface area contributed by atoms with E-state index in [1.54, 1.807) is 6.07 Å². The van der Waals surface area contributed by atoms with E-state index in [1.807, 2.05) is 0 Å². The molecule has 1 aromatic heterocycles. The third-order valence-corrected chi connectivity index (χ3v) is 2.30. The summed E-state index contributed by atoms with van der Waals surface area (Å²) < 4.78 is 0.843. The fourth-order valence-electron chi connectivity index (χ4n) is 0.667. The summed E-state index contributed by atoms with van der Waals surface area (Å²) in [4.78, 5) is 14.7. The molecule has 0 saturated heterocycles. The van der Waals surface area contributed by atoms with E-state index in [4.69, 9.17) is 11.6 Å². The predicted octanol–water partition coefficient (Wildman–Crippen LogP) is 2.54. The molecule has 1 heterocycles. The number of ketones is 1. The molecular formula is C7H5ClINO. The second kappa shape index (κ2) is 3.49. The van der Waals surface area contributed by atoms with E-state index in [1.165, 1.54) is 13.1 Å². The minimum atomic E-state index is 0.0126. The molecule has 1 aromatic rings. The predicted molar refractivity (Wildman–Crippen MR) is 52.0 cm³/mol. The topological polar surface area (TPSA) is 30.0 Å². The molecule has 2 nitrogen and oxygen atoms in total. The average Bonchev–Trinajstić information content (AvgIpc) is 1.85. The Kier molecular flexibility index (Phi) is 2.84. The van der Waals surface area contributed by atoms with Crippen LogP contribution in [0.5, 0.6) is 0 Å². The van der Waals surface area contributed by atoms with E-state index >= 15 is 0 Å². The molecule has 0 radical (unpaired) electrons. The number of rotatable bonds is 1. The molecule has 0 bridgehead atoms. The number of aromatic nitrogens is 1. The number of carbonyl (C=O) groups excluding carboxylic acids is 1. The fraction of sp³-hybridized carbons (Fsp3) is 0.143. The molecule has 0 aliphatic rings. The van der Waals surface area contributed by atoms with Gasteiger partial charge in [-0.3, -0.25) is 4.79 Å². The summed E-state index contributed by atoms with van der Waals surface area (Å²) in [6.07, 6.45) is 1.49. The summed E-state index contributed by atoms with van der Waals surface area (Å²) in [5, 5.41) is 0.416. The first-order chi connectivity index (χ1) is 5.11. The molecule has 0 amide bonds. The summed E-state index contributed by atoms with van der Waals surface area (Å²) in [6.45, 7) is 1.51. The second-order valence-corrected chi connectivity index (χ2v) is 3.59. The lowest BCUT2D eigenvalue weighted by molar-refractivity contribution is 0.101. The normalized spacial score (nSPS) is 9.73. The van der Waals surface area contributed by atoms with Gasteiger partial charge in [0, 0.05) is 15.3 Å². The van der Waals surface area contributed by atoms with Gasteiger partial charge in [-0.15, -0.1) is 0 Å². The summed E-state index contributed by atoms with van der Waals surface area (Å²) in [7, 11) is 0. The van der Waals surface area contributed by atoms with Crippen molar-refractivity contribution >= 4 is 40.0 Å². The number of pyridine rings is 1. The van der Waals surface area contributed by atoms with Crippen LogP contribution in [0.15, 0.2) is 12.3 Å². The van der Waals surface area contributed by atoms with Crippen LogP contribution in [0, 0.1) is 3.57 Å². The lowest BCUT2D eigenvalue weighted by Crippen LogP contribution is -1.96. The monoisotopic (exact) mass is 281 g/mol. The first-order valence-corrected chi connectivity index (χ1v) is 4.39. The molecule has 11 heavy (non-hydrogen) atoms. The van der Waals surface area contributed by atoms with Crippen LogP contribution >= 0.6 is 34.2 Å². The van der Waals surface area contributed by atoms with E-state index < -0.39 is 0 Å². The van der Waals surface area contributed by atoms with Crippen molar-refractivity contribution in [1.29, 1.82) is 0 Å². The third kappa shape index (κ3) is 2.13. The maximum atomic E-state index is 10.9. The fourth-order valence-corrected chi connectivity index (χ4v) is 1.82. The Morgan fingerprint density at radius 2 is 2.36 bits per heavy atom. The summed E-state index contributed by atoms with van der Waals surface area (Å²) in [5.41, 5.74) is 0.620. The Morgan fingerprint density at radius 3 is 2.82 bits per heavy atom. The third-order valence-electron chi connectivity index (χ3n) is 1.20. The van der Waals surface area contributed by atoms with Crippen LogP contribution in [0.25, 0.3) is 0 Å². The highest BCUT2D eigenvalue weighted by Crippen LogP contribution is 2.15. The van der Waals surface area contributed by atoms with Gasteiger partial charge in [-0.1, -0.05) is 11.6 Å². The Balaban J connectivity index is 3.20. The van der Waals surface area contributed by atoms with Crippen LogP contribution < -0.4 is 0 Å². The number of hydrogen-bond acceptors (Lipinski definition) is 2. The van der Waals surface area contributed by atoms with Crippen LogP contribution in [0.3, 0.4) is 0 Å². The standard InChI is InChI=1S/C7H5ClINO/c1-4(11)5-3-10-7(8)2-6(5)9/h2-3H,1H3. The molecule has 1 rings (SSSR count). The molecule has 0 fully saturated rings. The number of Topliss-reactive ketones (excluding diaryl/α,β-unsaturated/α-hetero) is 1. The zero-order valence-corrected chi connectivity index (χ0v) is 8.68. The SMILES string of the molecule is CC(=O)c1cnc(Cl)cc1I. The second-order valence-electron chi connectivity index (χ2n) is 2.04. The molecule has 0 aliphatic carbocycles. The van der Waals surface area contributed by atoms with E-state index in [0.717, 1.165) is 3.57 Å². The maximum absolute atomic E-state index is 10.9. The van der Waals surface area contributed by atoms with Crippen LogP contribution in [0.4, 0.5) is 0 Å². The van der Waals surface area contributed by atoms with Gasteiger partial charge in [0.1, 0.15) is 5.15 Å². The van der Waals surface area contributed by atoms with E-state index in [0.29, 0.717) is 10.7 Å². The number of halogens is 2. The molecule has 0 atom stereocenters. The van der Waals surface area contributed by atoms with Crippen molar-refractivity contribution in [3.05, 3.63) is 26.5 Å². The van der Waals surface area contributed by atoms with Crippen molar-refractivity contribution in [2.75, 3.05) is 0 Å². The molecule has 0 aromatic carbocycles. The maximum Gasteiger partial charge on any atom is 0.162 e. The zero-order chi connectivity index (χ0) is 8.43. The van der Waals surface area contributed by atoms with Crippen molar-refractivity contribution in [2.24, 2.45) is 0 Å². The van der Waals surface area contributed by atoms with Crippen molar-refractivity contribution in [2.45, 2.75) is 6.92 Å². The minimum absolute atomic E-state index is 0.0126. The molecule has 0 N–H and O–H groups in total. The van der Waals surface area contributed by atoms with E-state index in [2.05, 4.69) is 27.6 Å². The molecule has 58 valence electrons. The van der Waals surface area contributed by atoms with Gasteiger partial charge in [-0.05, 0) is 35.6 Å². The van der Waals surface area contributed by atoms with Crippen molar-refractivity contribution < 1.29 is 4.79 Å². The van der Waals surface area contributed by atoms with Crippen molar-refractivity contribution in [3.63, 3.8) is 0 Å². The van der Waals surface area contributed by atoms with Gasteiger partial charge in [0.25, 0.3) is 0 Å². The largest absolute Gasteiger partial charge is 0.294 e. The molecule has 0 unspecified atom stereocenters. The van der Waals surface area contributed by atoms with Gasteiger partial charge in [0.05, 0.1) is 0 Å². The Labute approximate surface area is 83.1 Å². The Hall–Kier alpha value is -0.160. The Morgan fingerprint density at radius 1 is 1.73 bits per heavy atom. The molecule has 0 spiro atoms. The number of nitrogens with zero attached hydrogens (tertiary/aromatic N) is 1. The summed E-state index contributed by atoms with van der Waals surface area (Å²) in [6, 6.07) is 1.67. The summed E-state index contributed by atoms with van der Waals surface area (Å²) >= 11 is 7.65. The van der Waals surface area contributed by atoms with Gasteiger partial charge < -0.3 is 0 Å². The quantitative estimate of drug-likeness (QED) is 0.450. The van der Waals surface area contributed by atoms with Crippen molar-refractivity contribution in [1.82, 2.24) is 4.98 Å². The van der Waals surface area contributed by atoms with Gasteiger partial charge >= 0.3 is 0 Å². The van der Waals surface area contributed by atoms with Gasteiger partial charge in [0.15, 0.2) is 5.78 Å². The molecular weight excluding hydrogens is 276 g/mol. The highest BCUT2D eigenvalue weighted by molar-refractivity contribution is 14.1. The number of carbonyl (C=O) groups is 1. The molecule has 0 aliphatic heterocycles. The smallest absolute Gasteiger partial charge is 0.162 e. The van der Waals surface area contributed by atoms with Crippen LogP contribution in [0.1, 0.15) is 17.3 Å². The van der Waals surface area contributed by atoms with E-state index in [-0.39, 0.29) is 5.78 Å². The highest BCUT2D eigenvalue weighted by Gasteiger charge is 2.04. The average molecular weight is 281 g/mol. The molecule has 4 heteroatoms. The molecule has 0 saturated carbocycles. The van der Waals surface area contributed by atoms with Gasteiger partial charge in [0.2, 0.25) is 0 Å². The minimum Gasteiger partial charge on any atom is -0.294 e. The van der Waals surface area contributed by atoms with E-state index in [9.17, 15) is 4.79 Å². The zero-order valence-electron chi connectivity index (χ0n) is 5.77.